The highest BCUT2D eigenvalue weighted by atomic mass is 79.9. The first kappa shape index (κ1) is 12.6. The van der Waals surface area contributed by atoms with Gasteiger partial charge in [0.05, 0.1) is 0 Å². The first-order valence-electron chi connectivity index (χ1n) is 5.95. The van der Waals surface area contributed by atoms with Crippen molar-refractivity contribution in [2.45, 2.75) is 6.92 Å². The number of carbonyl (C=O) groups excluding carboxylic acids is 1. The van der Waals surface area contributed by atoms with E-state index >= 15 is 0 Å². The Morgan fingerprint density at radius 3 is 2.63 bits per heavy atom. The standard InChI is InChI=1S/C16H11BrOS/c1-10(18)11-5-4-6-12(9-11)16-15(17)13-7-2-3-8-14(13)19-16/h2-9H,1H3. The molecule has 3 rings (SSSR count). The van der Waals surface area contributed by atoms with Crippen LogP contribution < -0.4 is 0 Å². The second-order valence-corrected chi connectivity index (χ2v) is 6.22. The maximum absolute atomic E-state index is 11.5. The van der Waals surface area contributed by atoms with E-state index in [0.717, 1.165) is 15.6 Å². The molecule has 3 aromatic rings. The van der Waals surface area contributed by atoms with Gasteiger partial charge in [-0.05, 0) is 40.5 Å². The zero-order valence-corrected chi connectivity index (χ0v) is 12.7. The minimum absolute atomic E-state index is 0.0964. The zero-order chi connectivity index (χ0) is 13.4. The molecule has 0 saturated carbocycles. The van der Waals surface area contributed by atoms with Crippen LogP contribution in [-0.4, -0.2) is 5.78 Å². The van der Waals surface area contributed by atoms with E-state index in [1.807, 2.05) is 36.4 Å². The lowest BCUT2D eigenvalue weighted by Gasteiger charge is -2.01. The third-order valence-electron chi connectivity index (χ3n) is 3.07. The monoisotopic (exact) mass is 330 g/mol. The van der Waals surface area contributed by atoms with Crippen molar-refractivity contribution < 1.29 is 4.79 Å². The molecule has 0 bridgehead atoms. The lowest BCUT2D eigenvalue weighted by Crippen LogP contribution is -1.91. The van der Waals surface area contributed by atoms with Gasteiger partial charge in [-0.3, -0.25) is 4.79 Å². The molecule has 0 aliphatic heterocycles. The van der Waals surface area contributed by atoms with Gasteiger partial charge in [0.15, 0.2) is 5.78 Å². The smallest absolute Gasteiger partial charge is 0.159 e. The van der Waals surface area contributed by atoms with Crippen LogP contribution in [0.4, 0.5) is 0 Å². The molecule has 0 saturated heterocycles. The summed E-state index contributed by atoms with van der Waals surface area (Å²) in [5, 5.41) is 1.22. The maximum Gasteiger partial charge on any atom is 0.159 e. The van der Waals surface area contributed by atoms with Crippen LogP contribution in [0.15, 0.2) is 53.0 Å². The Bertz CT molecular complexity index is 773. The summed E-state index contributed by atoms with van der Waals surface area (Å²) in [6.07, 6.45) is 0. The van der Waals surface area contributed by atoms with E-state index in [1.54, 1.807) is 18.3 Å². The molecule has 2 aromatic carbocycles. The van der Waals surface area contributed by atoms with Gasteiger partial charge >= 0.3 is 0 Å². The van der Waals surface area contributed by atoms with Crippen LogP contribution in [-0.2, 0) is 0 Å². The van der Waals surface area contributed by atoms with Crippen molar-refractivity contribution in [2.75, 3.05) is 0 Å². The average Bonchev–Trinajstić information content (AvgIpc) is 2.77. The molecule has 0 atom stereocenters. The molecule has 19 heavy (non-hydrogen) atoms. The highest BCUT2D eigenvalue weighted by Gasteiger charge is 2.12. The Kier molecular flexibility index (Phi) is 3.25. The fourth-order valence-electron chi connectivity index (χ4n) is 2.08. The van der Waals surface area contributed by atoms with Crippen LogP contribution in [0.25, 0.3) is 20.5 Å². The van der Waals surface area contributed by atoms with E-state index in [0.29, 0.717) is 0 Å². The van der Waals surface area contributed by atoms with E-state index in [4.69, 9.17) is 0 Å². The Hall–Kier alpha value is -1.45. The Balaban J connectivity index is 2.21. The number of benzene rings is 2. The first-order valence-corrected chi connectivity index (χ1v) is 7.56. The summed E-state index contributed by atoms with van der Waals surface area (Å²) >= 11 is 5.41. The molecule has 1 aromatic heterocycles. The van der Waals surface area contributed by atoms with Crippen molar-refractivity contribution in [2.24, 2.45) is 0 Å². The zero-order valence-electron chi connectivity index (χ0n) is 10.3. The van der Waals surface area contributed by atoms with Crippen molar-refractivity contribution in [1.82, 2.24) is 0 Å². The van der Waals surface area contributed by atoms with Crippen molar-refractivity contribution in [3.8, 4) is 10.4 Å². The van der Waals surface area contributed by atoms with E-state index in [1.165, 1.54) is 15.0 Å². The van der Waals surface area contributed by atoms with Crippen molar-refractivity contribution in [3.05, 3.63) is 58.6 Å². The maximum atomic E-state index is 11.5. The van der Waals surface area contributed by atoms with E-state index in [-0.39, 0.29) is 5.78 Å². The summed E-state index contributed by atoms with van der Waals surface area (Å²) in [4.78, 5) is 12.6. The van der Waals surface area contributed by atoms with Crippen LogP contribution >= 0.6 is 27.3 Å². The largest absolute Gasteiger partial charge is 0.295 e. The van der Waals surface area contributed by atoms with Gasteiger partial charge in [0, 0.05) is 25.0 Å². The third-order valence-corrected chi connectivity index (χ3v) is 5.37. The van der Waals surface area contributed by atoms with Crippen LogP contribution in [0.5, 0.6) is 0 Å². The third kappa shape index (κ3) is 2.24. The molecule has 3 heteroatoms. The van der Waals surface area contributed by atoms with E-state index in [9.17, 15) is 4.79 Å². The molecule has 0 aliphatic carbocycles. The number of ketones is 1. The number of carbonyl (C=O) groups is 1. The van der Waals surface area contributed by atoms with Crippen molar-refractivity contribution >= 4 is 43.1 Å². The number of Topliss-reactive ketones (excluding diaryl/α,β-unsaturated/α-hetero) is 1. The molecule has 0 spiro atoms. The second kappa shape index (κ2) is 4.91. The van der Waals surface area contributed by atoms with Crippen LogP contribution in [0.2, 0.25) is 0 Å². The number of halogens is 1. The Labute approximate surface area is 124 Å². The van der Waals surface area contributed by atoms with Gasteiger partial charge in [-0.2, -0.15) is 0 Å². The molecule has 0 radical (unpaired) electrons. The number of fused-ring (bicyclic) bond motifs is 1. The molecule has 0 N–H and O–H groups in total. The Morgan fingerprint density at radius 2 is 1.89 bits per heavy atom. The van der Waals surface area contributed by atoms with Crippen molar-refractivity contribution in [3.63, 3.8) is 0 Å². The summed E-state index contributed by atoms with van der Waals surface area (Å²) in [7, 11) is 0. The molecule has 0 fully saturated rings. The fourth-order valence-corrected chi connectivity index (χ4v) is 4.12. The highest BCUT2D eigenvalue weighted by molar-refractivity contribution is 9.10. The number of rotatable bonds is 2. The topological polar surface area (TPSA) is 17.1 Å². The minimum atomic E-state index is 0.0964. The lowest BCUT2D eigenvalue weighted by atomic mass is 10.1. The van der Waals surface area contributed by atoms with Crippen LogP contribution in [0, 0.1) is 0 Å². The Morgan fingerprint density at radius 1 is 1.11 bits per heavy atom. The number of hydrogen-bond donors (Lipinski definition) is 0. The summed E-state index contributed by atoms with van der Waals surface area (Å²) in [6, 6.07) is 16.1. The van der Waals surface area contributed by atoms with E-state index < -0.39 is 0 Å². The van der Waals surface area contributed by atoms with Gasteiger partial charge in [0.25, 0.3) is 0 Å². The van der Waals surface area contributed by atoms with Gasteiger partial charge in [0.2, 0.25) is 0 Å². The second-order valence-electron chi connectivity index (χ2n) is 4.38. The number of hydrogen-bond acceptors (Lipinski definition) is 2. The summed E-state index contributed by atoms with van der Waals surface area (Å²) in [5.74, 6) is 0.0964. The predicted octanol–water partition coefficient (Wildman–Crippen LogP) is 5.53. The molecule has 0 aliphatic rings. The highest BCUT2D eigenvalue weighted by Crippen LogP contribution is 2.42. The van der Waals surface area contributed by atoms with Gasteiger partial charge < -0.3 is 0 Å². The lowest BCUT2D eigenvalue weighted by molar-refractivity contribution is 0.101. The average molecular weight is 331 g/mol. The van der Waals surface area contributed by atoms with Gasteiger partial charge in [-0.25, -0.2) is 0 Å². The molecule has 0 amide bonds. The van der Waals surface area contributed by atoms with Crippen LogP contribution in [0.1, 0.15) is 17.3 Å². The minimum Gasteiger partial charge on any atom is -0.295 e. The molecule has 1 nitrogen and oxygen atoms in total. The molecular weight excluding hydrogens is 320 g/mol. The summed E-state index contributed by atoms with van der Waals surface area (Å²) in [6.45, 7) is 1.60. The normalized spacial score (nSPS) is 10.8. The SMILES string of the molecule is CC(=O)c1cccc(-c2sc3ccccc3c2Br)c1. The predicted molar refractivity (Wildman–Crippen MR) is 85.0 cm³/mol. The number of thiophene rings is 1. The van der Waals surface area contributed by atoms with Gasteiger partial charge in [-0.15, -0.1) is 11.3 Å². The molecule has 0 unspecified atom stereocenters. The van der Waals surface area contributed by atoms with Gasteiger partial charge in [0.1, 0.15) is 0 Å². The van der Waals surface area contributed by atoms with Crippen molar-refractivity contribution in [1.29, 1.82) is 0 Å². The van der Waals surface area contributed by atoms with Crippen LogP contribution in [0.3, 0.4) is 0 Å². The molecular formula is C16H11BrOS. The molecule has 94 valence electrons. The quantitative estimate of drug-likeness (QED) is 0.564. The van der Waals surface area contributed by atoms with E-state index in [2.05, 4.69) is 28.1 Å². The summed E-state index contributed by atoms with van der Waals surface area (Å²) in [5.41, 5.74) is 1.84. The first-order chi connectivity index (χ1) is 9.16. The fraction of sp³-hybridized carbons (Fsp3) is 0.0625. The van der Waals surface area contributed by atoms with Gasteiger partial charge in [-0.1, -0.05) is 36.4 Å². The summed E-state index contributed by atoms with van der Waals surface area (Å²) < 4.78 is 2.35. The molecule has 1 heterocycles.